The Bertz CT molecular complexity index is 452. The molecule has 3 N–H and O–H groups in total. The molecule has 1 fully saturated rings. The number of rotatable bonds is 7. The van der Waals surface area contributed by atoms with Crippen molar-refractivity contribution in [3.63, 3.8) is 0 Å². The third kappa shape index (κ3) is 4.53. The molecular weight excluding hydrogens is 248 g/mol. The number of anilines is 1. The first-order valence-electron chi connectivity index (χ1n) is 7.62. The molecule has 0 amide bonds. The van der Waals surface area contributed by atoms with Gasteiger partial charge in [-0.15, -0.1) is 0 Å². The summed E-state index contributed by atoms with van der Waals surface area (Å²) >= 11 is 0. The first-order valence-corrected chi connectivity index (χ1v) is 7.62. The van der Waals surface area contributed by atoms with Crippen LogP contribution >= 0.6 is 0 Å². The van der Waals surface area contributed by atoms with Crippen molar-refractivity contribution in [1.82, 2.24) is 4.90 Å². The van der Waals surface area contributed by atoms with Gasteiger partial charge >= 0.3 is 0 Å². The number of guanidine groups is 1. The summed E-state index contributed by atoms with van der Waals surface area (Å²) in [7, 11) is 0. The smallest absolute Gasteiger partial charge is 0.193 e. The molecule has 20 heavy (non-hydrogen) atoms. The van der Waals surface area contributed by atoms with Crippen LogP contribution in [0, 0.1) is 0 Å². The van der Waals surface area contributed by atoms with Crippen LogP contribution in [-0.4, -0.2) is 36.5 Å². The van der Waals surface area contributed by atoms with E-state index in [9.17, 15) is 0 Å². The van der Waals surface area contributed by atoms with Gasteiger partial charge < -0.3 is 11.1 Å². The quantitative estimate of drug-likeness (QED) is 0.593. The van der Waals surface area contributed by atoms with Crippen LogP contribution in [0.1, 0.15) is 32.3 Å². The number of hydrogen-bond acceptors (Lipinski definition) is 2. The van der Waals surface area contributed by atoms with Crippen molar-refractivity contribution in [1.29, 1.82) is 0 Å². The van der Waals surface area contributed by atoms with E-state index in [-0.39, 0.29) is 0 Å². The lowest BCUT2D eigenvalue weighted by Crippen LogP contribution is -2.30. The van der Waals surface area contributed by atoms with Crippen LogP contribution in [0.2, 0.25) is 0 Å². The molecule has 1 saturated carbocycles. The van der Waals surface area contributed by atoms with Gasteiger partial charge in [0.1, 0.15) is 0 Å². The Kier molecular flexibility index (Phi) is 5.41. The SMILES string of the molecule is CCc1cccc(NC(N)=NCCN(CC)C2CC2)c1. The second-order valence-electron chi connectivity index (χ2n) is 5.31. The minimum Gasteiger partial charge on any atom is -0.370 e. The zero-order chi connectivity index (χ0) is 14.4. The maximum atomic E-state index is 5.94. The Morgan fingerprint density at radius 3 is 2.85 bits per heavy atom. The van der Waals surface area contributed by atoms with Crippen LogP contribution in [-0.2, 0) is 6.42 Å². The minimum absolute atomic E-state index is 0.505. The van der Waals surface area contributed by atoms with Gasteiger partial charge in [-0.05, 0) is 43.5 Å². The number of nitrogens with one attached hydrogen (secondary N) is 1. The number of aliphatic imine (C=N–C) groups is 1. The number of benzene rings is 1. The number of likely N-dealkylation sites (N-methyl/N-ethyl adjacent to an activating group) is 1. The van der Waals surface area contributed by atoms with Crippen molar-refractivity contribution < 1.29 is 0 Å². The van der Waals surface area contributed by atoms with Crippen molar-refractivity contribution in [3.8, 4) is 0 Å². The Labute approximate surface area is 122 Å². The summed E-state index contributed by atoms with van der Waals surface area (Å²) in [6.07, 6.45) is 3.71. The highest BCUT2D eigenvalue weighted by molar-refractivity contribution is 5.92. The van der Waals surface area contributed by atoms with E-state index < -0.39 is 0 Å². The van der Waals surface area contributed by atoms with Crippen LogP contribution in [0.4, 0.5) is 5.69 Å². The molecule has 1 aromatic carbocycles. The van der Waals surface area contributed by atoms with E-state index in [1.807, 2.05) is 12.1 Å². The fourth-order valence-electron chi connectivity index (χ4n) is 2.39. The maximum absolute atomic E-state index is 5.94. The molecule has 0 aromatic heterocycles. The van der Waals surface area contributed by atoms with Gasteiger partial charge in [-0.3, -0.25) is 9.89 Å². The first-order chi connectivity index (χ1) is 9.72. The Hall–Kier alpha value is -1.55. The number of nitrogens with two attached hydrogens (primary N) is 1. The fraction of sp³-hybridized carbons (Fsp3) is 0.562. The molecule has 0 radical (unpaired) electrons. The minimum atomic E-state index is 0.505. The van der Waals surface area contributed by atoms with Gasteiger partial charge in [-0.1, -0.05) is 26.0 Å². The summed E-state index contributed by atoms with van der Waals surface area (Å²) in [6, 6.07) is 9.09. The highest BCUT2D eigenvalue weighted by Gasteiger charge is 2.26. The van der Waals surface area contributed by atoms with Crippen molar-refractivity contribution in [2.24, 2.45) is 10.7 Å². The van der Waals surface area contributed by atoms with E-state index in [4.69, 9.17) is 5.73 Å². The first kappa shape index (κ1) is 14.9. The van der Waals surface area contributed by atoms with Gasteiger partial charge in [-0.25, -0.2) is 0 Å². The normalized spacial score (nSPS) is 15.7. The molecule has 1 aliphatic rings. The highest BCUT2D eigenvalue weighted by atomic mass is 15.2. The molecule has 0 spiro atoms. The van der Waals surface area contributed by atoms with E-state index in [1.54, 1.807) is 0 Å². The Morgan fingerprint density at radius 2 is 2.20 bits per heavy atom. The largest absolute Gasteiger partial charge is 0.370 e. The van der Waals surface area contributed by atoms with Crippen LogP contribution < -0.4 is 11.1 Å². The van der Waals surface area contributed by atoms with Crippen LogP contribution in [0.3, 0.4) is 0 Å². The molecule has 1 aromatic rings. The van der Waals surface area contributed by atoms with E-state index in [0.29, 0.717) is 5.96 Å². The summed E-state index contributed by atoms with van der Waals surface area (Å²) in [5, 5.41) is 3.16. The molecule has 0 bridgehead atoms. The summed E-state index contributed by atoms with van der Waals surface area (Å²) in [6.45, 7) is 7.22. The lowest BCUT2D eigenvalue weighted by atomic mass is 10.1. The zero-order valence-electron chi connectivity index (χ0n) is 12.6. The number of aryl methyl sites for hydroxylation is 1. The second-order valence-corrected chi connectivity index (χ2v) is 5.31. The molecule has 0 saturated heterocycles. The van der Waals surface area contributed by atoms with E-state index in [0.717, 1.165) is 37.8 Å². The van der Waals surface area contributed by atoms with Crippen LogP contribution in [0.15, 0.2) is 29.3 Å². The predicted octanol–water partition coefficient (Wildman–Crippen LogP) is 2.46. The third-order valence-corrected chi connectivity index (χ3v) is 3.75. The number of hydrogen-bond donors (Lipinski definition) is 2. The average Bonchev–Trinajstić information content (AvgIpc) is 3.28. The molecule has 0 unspecified atom stereocenters. The van der Waals surface area contributed by atoms with E-state index in [2.05, 4.69) is 41.2 Å². The van der Waals surface area contributed by atoms with Crippen LogP contribution in [0.5, 0.6) is 0 Å². The predicted molar refractivity (Wildman–Crippen MR) is 86.2 cm³/mol. The molecular formula is C16H26N4. The summed E-state index contributed by atoms with van der Waals surface area (Å²) in [5.74, 6) is 0.505. The molecule has 4 heteroatoms. The second kappa shape index (κ2) is 7.29. The van der Waals surface area contributed by atoms with Crippen molar-refractivity contribution in [3.05, 3.63) is 29.8 Å². The van der Waals surface area contributed by atoms with Gasteiger partial charge in [-0.2, -0.15) is 0 Å². The van der Waals surface area contributed by atoms with Crippen LogP contribution in [0.25, 0.3) is 0 Å². The van der Waals surface area contributed by atoms with Crippen molar-refractivity contribution in [2.75, 3.05) is 25.0 Å². The molecule has 0 heterocycles. The van der Waals surface area contributed by atoms with Crippen molar-refractivity contribution in [2.45, 2.75) is 39.2 Å². The lowest BCUT2D eigenvalue weighted by Gasteiger charge is -2.18. The Morgan fingerprint density at radius 1 is 1.40 bits per heavy atom. The topological polar surface area (TPSA) is 53.6 Å². The van der Waals surface area contributed by atoms with Gasteiger partial charge in [0, 0.05) is 18.3 Å². The monoisotopic (exact) mass is 274 g/mol. The van der Waals surface area contributed by atoms with Gasteiger partial charge in [0.15, 0.2) is 5.96 Å². The molecule has 1 aliphatic carbocycles. The lowest BCUT2D eigenvalue weighted by molar-refractivity contribution is 0.286. The van der Waals surface area contributed by atoms with E-state index in [1.165, 1.54) is 18.4 Å². The zero-order valence-corrected chi connectivity index (χ0v) is 12.6. The third-order valence-electron chi connectivity index (χ3n) is 3.75. The Balaban J connectivity index is 1.80. The fourth-order valence-corrected chi connectivity index (χ4v) is 2.39. The van der Waals surface area contributed by atoms with Gasteiger partial charge in [0.2, 0.25) is 0 Å². The standard InChI is InChI=1S/C16H26N4/c1-3-13-6-5-7-14(12-13)19-16(17)18-10-11-20(4-2)15-8-9-15/h5-7,12,15H,3-4,8-11H2,1-2H3,(H3,17,18,19). The van der Waals surface area contributed by atoms with Gasteiger partial charge in [0.25, 0.3) is 0 Å². The molecule has 0 aliphatic heterocycles. The molecule has 110 valence electrons. The summed E-state index contributed by atoms with van der Waals surface area (Å²) < 4.78 is 0. The maximum Gasteiger partial charge on any atom is 0.193 e. The van der Waals surface area contributed by atoms with Gasteiger partial charge in [0.05, 0.1) is 6.54 Å². The summed E-state index contributed by atoms with van der Waals surface area (Å²) in [4.78, 5) is 6.90. The van der Waals surface area contributed by atoms with Crippen molar-refractivity contribution >= 4 is 11.6 Å². The summed E-state index contributed by atoms with van der Waals surface area (Å²) in [5.41, 5.74) is 8.25. The van der Waals surface area contributed by atoms with E-state index >= 15 is 0 Å². The molecule has 2 rings (SSSR count). The number of nitrogens with zero attached hydrogens (tertiary/aromatic N) is 2. The average molecular weight is 274 g/mol. The molecule has 0 atom stereocenters. The highest BCUT2D eigenvalue weighted by Crippen LogP contribution is 2.25. The molecule has 4 nitrogen and oxygen atoms in total.